The lowest BCUT2D eigenvalue weighted by atomic mass is 9.92. The van der Waals surface area contributed by atoms with Gasteiger partial charge in [0.25, 0.3) is 0 Å². The maximum Gasteiger partial charge on any atom is 0.0541 e. The van der Waals surface area contributed by atoms with Crippen molar-refractivity contribution in [1.29, 1.82) is 0 Å². The number of aromatic nitrogens is 1. The van der Waals surface area contributed by atoms with E-state index in [9.17, 15) is 0 Å². The van der Waals surface area contributed by atoms with E-state index in [1.807, 2.05) is 0 Å². The molecule has 0 fully saturated rings. The molecule has 0 saturated carbocycles. The van der Waals surface area contributed by atoms with Gasteiger partial charge < -0.3 is 4.57 Å². The van der Waals surface area contributed by atoms with E-state index in [2.05, 4.69) is 145 Å². The van der Waals surface area contributed by atoms with Crippen molar-refractivity contribution in [2.45, 2.75) is 32.6 Å². The number of fused-ring (bicyclic) bond motifs is 4. The quantitative estimate of drug-likeness (QED) is 0.186. The summed E-state index contributed by atoms with van der Waals surface area (Å²) in [6.07, 6.45) is 4.66. The molecular weight excluding hydrogens is 482 g/mol. The summed E-state index contributed by atoms with van der Waals surface area (Å²) in [6.45, 7) is 2.18. The molecule has 0 bridgehead atoms. The second kappa shape index (κ2) is 10.5. The zero-order chi connectivity index (χ0) is 26.9. The van der Waals surface area contributed by atoms with Crippen molar-refractivity contribution in [3.63, 3.8) is 0 Å². The topological polar surface area (TPSA) is 4.93 Å². The average molecular weight is 516 g/mol. The Hall–Kier alpha value is -4.62. The van der Waals surface area contributed by atoms with Gasteiger partial charge in [0.1, 0.15) is 0 Å². The Labute approximate surface area is 236 Å². The number of benzene rings is 6. The maximum atomic E-state index is 2.39. The minimum absolute atomic E-state index is 1.11. The van der Waals surface area contributed by atoms with Gasteiger partial charge in [0.15, 0.2) is 0 Å². The Morgan fingerprint density at radius 1 is 0.500 bits per heavy atom. The van der Waals surface area contributed by atoms with Gasteiger partial charge in [0, 0.05) is 16.5 Å². The zero-order valence-electron chi connectivity index (χ0n) is 23.0. The van der Waals surface area contributed by atoms with Gasteiger partial charge >= 0.3 is 0 Å². The summed E-state index contributed by atoms with van der Waals surface area (Å²) < 4.78 is 2.38. The maximum absolute atomic E-state index is 2.39. The molecule has 194 valence electrons. The van der Waals surface area contributed by atoms with Gasteiger partial charge in [-0.1, -0.05) is 109 Å². The predicted octanol–water partition coefficient (Wildman–Crippen LogP) is 10.5. The van der Waals surface area contributed by atoms with Gasteiger partial charge in [-0.3, -0.25) is 0 Å². The van der Waals surface area contributed by atoms with Crippen LogP contribution in [0.25, 0.3) is 49.4 Å². The first-order valence-corrected chi connectivity index (χ1v) is 14.4. The van der Waals surface area contributed by atoms with Crippen LogP contribution < -0.4 is 0 Å². The largest absolute Gasteiger partial charge is 0.309 e. The smallest absolute Gasteiger partial charge is 0.0541 e. The van der Waals surface area contributed by atoms with E-state index in [1.54, 1.807) is 0 Å². The fourth-order valence-corrected chi connectivity index (χ4v) is 6.34. The molecular formula is C39H33N. The van der Waals surface area contributed by atoms with Crippen molar-refractivity contribution in [2.75, 3.05) is 0 Å². The number of para-hydroxylation sites is 2. The molecule has 0 atom stereocenters. The molecule has 0 radical (unpaired) electrons. The van der Waals surface area contributed by atoms with E-state index >= 15 is 0 Å². The molecule has 7 aromatic rings. The molecule has 6 aromatic carbocycles. The number of unbranched alkanes of at least 4 members (excludes halogenated alkanes) is 1. The summed E-state index contributed by atoms with van der Waals surface area (Å²) in [6, 6.07) is 49.0. The lowest BCUT2D eigenvalue weighted by Gasteiger charge is -2.13. The van der Waals surface area contributed by atoms with E-state index < -0.39 is 0 Å². The number of hydrogen-bond donors (Lipinski definition) is 0. The molecule has 0 aliphatic rings. The molecule has 0 aliphatic carbocycles. The highest BCUT2D eigenvalue weighted by Gasteiger charge is 2.14. The molecule has 0 amide bonds. The van der Waals surface area contributed by atoms with E-state index in [4.69, 9.17) is 0 Å². The number of hydrogen-bond acceptors (Lipinski definition) is 0. The molecule has 0 unspecified atom stereocenters. The highest BCUT2D eigenvalue weighted by Crippen LogP contribution is 2.37. The van der Waals surface area contributed by atoms with Crippen LogP contribution in [0.2, 0.25) is 0 Å². The van der Waals surface area contributed by atoms with Crippen molar-refractivity contribution in [1.82, 2.24) is 4.57 Å². The van der Waals surface area contributed by atoms with Gasteiger partial charge in [0.05, 0.1) is 11.0 Å². The van der Waals surface area contributed by atoms with Crippen molar-refractivity contribution in [3.05, 3.63) is 150 Å². The molecule has 40 heavy (non-hydrogen) atoms. The Balaban J connectivity index is 1.24. The van der Waals surface area contributed by atoms with Crippen LogP contribution in [0.5, 0.6) is 0 Å². The third kappa shape index (κ3) is 4.48. The van der Waals surface area contributed by atoms with Crippen LogP contribution in [0.3, 0.4) is 0 Å². The summed E-state index contributed by atoms with van der Waals surface area (Å²) in [7, 11) is 0. The number of nitrogens with zero attached hydrogens (tertiary/aromatic N) is 1. The summed E-state index contributed by atoms with van der Waals surface area (Å²) in [4.78, 5) is 0. The van der Waals surface area contributed by atoms with E-state index in [0.29, 0.717) is 0 Å². The Kier molecular flexibility index (Phi) is 6.42. The van der Waals surface area contributed by atoms with Crippen molar-refractivity contribution in [3.8, 4) is 16.8 Å². The number of rotatable bonds is 7. The van der Waals surface area contributed by atoms with Gasteiger partial charge in [-0.05, 0) is 96.0 Å². The summed E-state index contributed by atoms with van der Waals surface area (Å²) >= 11 is 0. The van der Waals surface area contributed by atoms with Gasteiger partial charge in [0.2, 0.25) is 0 Å². The van der Waals surface area contributed by atoms with Gasteiger partial charge in [-0.25, -0.2) is 0 Å². The van der Waals surface area contributed by atoms with Crippen LogP contribution in [0.1, 0.15) is 29.5 Å². The molecule has 0 N–H and O–H groups in total. The van der Waals surface area contributed by atoms with Crippen LogP contribution in [0.15, 0.2) is 133 Å². The van der Waals surface area contributed by atoms with Crippen LogP contribution >= 0.6 is 0 Å². The monoisotopic (exact) mass is 515 g/mol. The van der Waals surface area contributed by atoms with Gasteiger partial charge in [-0.2, -0.15) is 0 Å². The molecule has 0 spiro atoms. The molecule has 1 heterocycles. The molecule has 0 aliphatic heterocycles. The average Bonchev–Trinajstić information content (AvgIpc) is 3.33. The second-order valence-corrected chi connectivity index (χ2v) is 10.9. The number of aryl methyl sites for hydroxylation is 3. The first-order chi connectivity index (χ1) is 19.8. The fourth-order valence-electron chi connectivity index (χ4n) is 6.34. The van der Waals surface area contributed by atoms with E-state index in [-0.39, 0.29) is 0 Å². The Bertz CT molecular complexity index is 1960. The zero-order valence-corrected chi connectivity index (χ0v) is 23.0. The van der Waals surface area contributed by atoms with Crippen molar-refractivity contribution >= 4 is 32.6 Å². The van der Waals surface area contributed by atoms with Crippen LogP contribution in [0.4, 0.5) is 0 Å². The molecule has 1 nitrogen and oxygen atoms in total. The Morgan fingerprint density at radius 2 is 1.23 bits per heavy atom. The summed E-state index contributed by atoms with van der Waals surface area (Å²) in [5.41, 5.74) is 10.5. The van der Waals surface area contributed by atoms with E-state index in [1.165, 1.54) is 78.9 Å². The first-order valence-electron chi connectivity index (χ1n) is 14.4. The first kappa shape index (κ1) is 24.4. The van der Waals surface area contributed by atoms with Crippen molar-refractivity contribution in [2.24, 2.45) is 0 Å². The molecule has 0 saturated heterocycles. The molecule has 1 heteroatoms. The SMILES string of the molecule is Cc1cccc(CCCCc2ccc(-c3ccc4c(c3)c3ccccc3n4-c3ccccc3)c3ccccc23)c1. The molecule has 7 rings (SSSR count). The summed E-state index contributed by atoms with van der Waals surface area (Å²) in [5.74, 6) is 0. The molecule has 1 aromatic heterocycles. The van der Waals surface area contributed by atoms with Crippen LogP contribution in [0, 0.1) is 6.92 Å². The predicted molar refractivity (Wildman–Crippen MR) is 172 cm³/mol. The standard InChI is InChI=1S/C39H33N/c1-28-12-11-14-29(26-28)13-5-6-15-30-22-24-34(35-19-8-7-18-33(30)35)31-23-25-39-37(27-31)36-20-9-10-21-38(36)40(39)32-16-3-2-4-17-32/h2-4,7-12,14,16-27H,5-6,13,15H2,1H3. The van der Waals surface area contributed by atoms with E-state index in [0.717, 1.165) is 12.8 Å². The third-order valence-electron chi connectivity index (χ3n) is 8.26. The highest BCUT2D eigenvalue weighted by molar-refractivity contribution is 6.11. The lowest BCUT2D eigenvalue weighted by Crippen LogP contribution is -1.93. The highest BCUT2D eigenvalue weighted by atomic mass is 15.0. The van der Waals surface area contributed by atoms with Crippen LogP contribution in [-0.4, -0.2) is 4.57 Å². The van der Waals surface area contributed by atoms with Crippen LogP contribution in [-0.2, 0) is 12.8 Å². The van der Waals surface area contributed by atoms with Gasteiger partial charge in [-0.15, -0.1) is 0 Å². The summed E-state index contributed by atoms with van der Waals surface area (Å²) in [5, 5.41) is 5.30. The Morgan fingerprint density at radius 3 is 2.08 bits per heavy atom. The lowest BCUT2D eigenvalue weighted by molar-refractivity contribution is 0.736. The fraction of sp³-hybridized carbons (Fsp3) is 0.128. The minimum Gasteiger partial charge on any atom is -0.309 e. The second-order valence-electron chi connectivity index (χ2n) is 10.9. The minimum atomic E-state index is 1.11. The third-order valence-corrected chi connectivity index (χ3v) is 8.26. The van der Waals surface area contributed by atoms with Crippen molar-refractivity contribution < 1.29 is 0 Å². The normalized spacial score (nSPS) is 11.5.